The van der Waals surface area contributed by atoms with Gasteiger partial charge in [-0.25, -0.2) is 9.97 Å². The van der Waals surface area contributed by atoms with Gasteiger partial charge in [-0.05, 0) is 26.2 Å². The Kier molecular flexibility index (Phi) is 4.22. The van der Waals surface area contributed by atoms with Crippen LogP contribution in [0.4, 0.5) is 11.6 Å². The highest BCUT2D eigenvalue weighted by molar-refractivity contribution is 5.78. The van der Waals surface area contributed by atoms with E-state index in [0.29, 0.717) is 6.42 Å². The van der Waals surface area contributed by atoms with Crippen LogP contribution in [0.2, 0.25) is 0 Å². The van der Waals surface area contributed by atoms with Crippen molar-refractivity contribution in [2.45, 2.75) is 38.6 Å². The molecular weight excluding hydrogens is 266 g/mol. The number of amides is 1. The molecule has 2 saturated heterocycles. The molecule has 0 saturated carbocycles. The molecule has 3 heterocycles. The maximum Gasteiger partial charge on any atom is 0.222 e. The SMILES string of the molecule is CC(CN1CCCC1=O)Nc1cc(N2CCCC2)ncn1. The Bertz CT molecular complexity index is 501. The van der Waals surface area contributed by atoms with Crippen LogP contribution < -0.4 is 10.2 Å². The second-order valence-corrected chi connectivity index (χ2v) is 5.94. The number of carbonyl (C=O) groups is 1. The Hall–Kier alpha value is -1.85. The second-order valence-electron chi connectivity index (χ2n) is 5.94. The van der Waals surface area contributed by atoms with Crippen molar-refractivity contribution < 1.29 is 4.79 Å². The van der Waals surface area contributed by atoms with Gasteiger partial charge in [0.2, 0.25) is 5.91 Å². The van der Waals surface area contributed by atoms with Crippen LogP contribution in [0.1, 0.15) is 32.6 Å². The largest absolute Gasteiger partial charge is 0.366 e. The fourth-order valence-corrected chi connectivity index (χ4v) is 3.07. The third-order valence-electron chi connectivity index (χ3n) is 4.14. The van der Waals surface area contributed by atoms with Crippen molar-refractivity contribution in [1.29, 1.82) is 0 Å². The van der Waals surface area contributed by atoms with Crippen LogP contribution in [0, 0.1) is 0 Å². The molecule has 114 valence electrons. The minimum absolute atomic E-state index is 0.188. The first-order valence-corrected chi connectivity index (χ1v) is 7.84. The van der Waals surface area contributed by atoms with Crippen molar-refractivity contribution in [2.75, 3.05) is 36.4 Å². The second kappa shape index (κ2) is 6.28. The van der Waals surface area contributed by atoms with E-state index in [0.717, 1.165) is 44.2 Å². The normalized spacial score (nSPS) is 20.1. The maximum absolute atomic E-state index is 11.7. The summed E-state index contributed by atoms with van der Waals surface area (Å²) in [6.45, 7) is 5.86. The molecule has 6 heteroatoms. The van der Waals surface area contributed by atoms with E-state index < -0.39 is 0 Å². The third kappa shape index (κ3) is 3.43. The zero-order chi connectivity index (χ0) is 14.7. The quantitative estimate of drug-likeness (QED) is 0.890. The van der Waals surface area contributed by atoms with Gasteiger partial charge in [0.1, 0.15) is 18.0 Å². The number of rotatable bonds is 5. The summed E-state index contributed by atoms with van der Waals surface area (Å²) in [4.78, 5) is 24.5. The Balaban J connectivity index is 1.58. The summed E-state index contributed by atoms with van der Waals surface area (Å²) in [5.74, 6) is 2.10. The lowest BCUT2D eigenvalue weighted by atomic mass is 10.3. The van der Waals surface area contributed by atoms with Crippen LogP contribution in [0.5, 0.6) is 0 Å². The molecule has 0 aliphatic carbocycles. The zero-order valence-electron chi connectivity index (χ0n) is 12.6. The number of likely N-dealkylation sites (tertiary alicyclic amines) is 1. The molecule has 1 unspecified atom stereocenters. The van der Waals surface area contributed by atoms with Gasteiger partial charge >= 0.3 is 0 Å². The summed E-state index contributed by atoms with van der Waals surface area (Å²) in [6, 6.07) is 2.20. The molecule has 1 aromatic heterocycles. The van der Waals surface area contributed by atoms with Gasteiger partial charge in [-0.2, -0.15) is 0 Å². The summed E-state index contributed by atoms with van der Waals surface area (Å²) in [7, 11) is 0. The Morgan fingerprint density at radius 2 is 2.05 bits per heavy atom. The molecule has 3 rings (SSSR count). The molecule has 0 spiro atoms. The molecule has 1 atom stereocenters. The molecule has 1 amide bonds. The molecule has 2 aliphatic heterocycles. The molecule has 2 aliphatic rings. The van der Waals surface area contributed by atoms with Crippen LogP contribution in [-0.2, 0) is 4.79 Å². The molecule has 6 nitrogen and oxygen atoms in total. The molecule has 0 aromatic carbocycles. The van der Waals surface area contributed by atoms with E-state index in [4.69, 9.17) is 0 Å². The topological polar surface area (TPSA) is 61.4 Å². The number of anilines is 2. The third-order valence-corrected chi connectivity index (χ3v) is 4.14. The number of hydrogen-bond acceptors (Lipinski definition) is 5. The lowest BCUT2D eigenvalue weighted by Gasteiger charge is -2.22. The minimum Gasteiger partial charge on any atom is -0.366 e. The smallest absolute Gasteiger partial charge is 0.222 e. The predicted molar refractivity (Wildman–Crippen MR) is 82.4 cm³/mol. The highest BCUT2D eigenvalue weighted by atomic mass is 16.2. The van der Waals surface area contributed by atoms with Crippen LogP contribution in [-0.4, -0.2) is 53.0 Å². The van der Waals surface area contributed by atoms with Gasteiger partial charge in [0.05, 0.1) is 0 Å². The van der Waals surface area contributed by atoms with Gasteiger partial charge in [-0.15, -0.1) is 0 Å². The summed E-state index contributed by atoms with van der Waals surface area (Å²) < 4.78 is 0. The van der Waals surface area contributed by atoms with Crippen LogP contribution >= 0.6 is 0 Å². The predicted octanol–water partition coefficient (Wildman–Crippen LogP) is 1.50. The Morgan fingerprint density at radius 1 is 1.24 bits per heavy atom. The standard InChI is InChI=1S/C15H23N5O/c1-12(10-20-8-4-5-15(20)21)18-13-9-14(17-11-16-13)19-6-2-3-7-19/h9,11-12H,2-8,10H2,1H3,(H,16,17,18). The Labute approximate surface area is 125 Å². The highest BCUT2D eigenvalue weighted by Crippen LogP contribution is 2.20. The van der Waals surface area contributed by atoms with Gasteiger partial charge in [0.15, 0.2) is 0 Å². The van der Waals surface area contributed by atoms with Gasteiger partial charge < -0.3 is 15.1 Å². The molecule has 2 fully saturated rings. The van der Waals surface area contributed by atoms with Crippen molar-refractivity contribution in [2.24, 2.45) is 0 Å². The summed E-state index contributed by atoms with van der Waals surface area (Å²) in [5, 5.41) is 3.38. The average molecular weight is 289 g/mol. The van der Waals surface area contributed by atoms with Crippen LogP contribution in [0.3, 0.4) is 0 Å². The van der Waals surface area contributed by atoms with E-state index in [1.54, 1.807) is 6.33 Å². The number of nitrogens with zero attached hydrogens (tertiary/aromatic N) is 4. The fourth-order valence-electron chi connectivity index (χ4n) is 3.07. The first kappa shape index (κ1) is 14.1. The molecule has 21 heavy (non-hydrogen) atoms. The summed E-state index contributed by atoms with van der Waals surface area (Å²) >= 11 is 0. The highest BCUT2D eigenvalue weighted by Gasteiger charge is 2.22. The van der Waals surface area contributed by atoms with E-state index >= 15 is 0 Å². The van der Waals surface area contributed by atoms with Gasteiger partial charge in [-0.1, -0.05) is 0 Å². The van der Waals surface area contributed by atoms with Gasteiger partial charge in [0.25, 0.3) is 0 Å². The van der Waals surface area contributed by atoms with Crippen molar-refractivity contribution >= 4 is 17.5 Å². The van der Waals surface area contributed by atoms with Crippen molar-refractivity contribution in [1.82, 2.24) is 14.9 Å². The zero-order valence-corrected chi connectivity index (χ0v) is 12.6. The molecule has 0 radical (unpaired) electrons. The molecule has 0 bridgehead atoms. The Morgan fingerprint density at radius 3 is 2.76 bits per heavy atom. The van der Waals surface area contributed by atoms with Crippen LogP contribution in [0.15, 0.2) is 12.4 Å². The van der Waals surface area contributed by atoms with E-state index in [1.165, 1.54) is 12.8 Å². The lowest BCUT2D eigenvalue weighted by Crippen LogP contribution is -2.35. The monoisotopic (exact) mass is 289 g/mol. The molecule has 1 aromatic rings. The van der Waals surface area contributed by atoms with E-state index in [1.807, 2.05) is 11.0 Å². The maximum atomic E-state index is 11.7. The van der Waals surface area contributed by atoms with Crippen molar-refractivity contribution in [3.63, 3.8) is 0 Å². The van der Waals surface area contributed by atoms with E-state index in [-0.39, 0.29) is 11.9 Å². The first-order valence-electron chi connectivity index (χ1n) is 7.84. The molecule has 1 N–H and O–H groups in total. The van der Waals surface area contributed by atoms with Gasteiger partial charge in [0, 0.05) is 44.7 Å². The number of nitrogens with one attached hydrogen (secondary N) is 1. The van der Waals surface area contributed by atoms with Gasteiger partial charge in [-0.3, -0.25) is 4.79 Å². The van der Waals surface area contributed by atoms with E-state index in [2.05, 4.69) is 27.1 Å². The summed E-state index contributed by atoms with van der Waals surface area (Å²) in [6.07, 6.45) is 5.77. The average Bonchev–Trinajstić information content (AvgIpc) is 3.12. The number of carbonyl (C=O) groups excluding carboxylic acids is 1. The first-order chi connectivity index (χ1) is 10.2. The van der Waals surface area contributed by atoms with Crippen molar-refractivity contribution in [3.05, 3.63) is 12.4 Å². The number of hydrogen-bond donors (Lipinski definition) is 1. The van der Waals surface area contributed by atoms with E-state index in [9.17, 15) is 4.79 Å². The molecular formula is C15H23N5O. The van der Waals surface area contributed by atoms with Crippen molar-refractivity contribution in [3.8, 4) is 0 Å². The summed E-state index contributed by atoms with van der Waals surface area (Å²) in [5.41, 5.74) is 0. The lowest BCUT2D eigenvalue weighted by molar-refractivity contribution is -0.127. The fraction of sp³-hybridized carbons (Fsp3) is 0.667. The minimum atomic E-state index is 0.188. The number of aromatic nitrogens is 2. The van der Waals surface area contributed by atoms with Crippen LogP contribution in [0.25, 0.3) is 0 Å².